The third-order valence-corrected chi connectivity index (χ3v) is 7.08. The molecule has 11 heteroatoms. The minimum absolute atomic E-state index is 0.0129. The molecule has 166 valence electrons. The third-order valence-electron chi connectivity index (χ3n) is 4.59. The van der Waals surface area contributed by atoms with Crippen LogP contribution in [0, 0.1) is 0 Å². The second-order valence-electron chi connectivity index (χ2n) is 6.71. The largest absolute Gasteiger partial charge is 0.417 e. The number of halogens is 3. The summed E-state index contributed by atoms with van der Waals surface area (Å²) in [6.07, 6.45) is -2.19. The maximum absolute atomic E-state index is 12.6. The van der Waals surface area contributed by atoms with E-state index in [9.17, 15) is 26.4 Å². The van der Waals surface area contributed by atoms with Crippen LogP contribution in [0.4, 0.5) is 13.2 Å². The Labute approximate surface area is 182 Å². The van der Waals surface area contributed by atoms with Gasteiger partial charge in [0.2, 0.25) is 15.9 Å². The van der Waals surface area contributed by atoms with Crippen molar-refractivity contribution < 1.29 is 26.4 Å². The van der Waals surface area contributed by atoms with Gasteiger partial charge in [-0.1, -0.05) is 42.1 Å². The molecular weight excluding hydrogens is 451 g/mol. The highest BCUT2D eigenvalue weighted by molar-refractivity contribution is 7.99. The molecule has 0 N–H and O–H groups in total. The zero-order valence-electron chi connectivity index (χ0n) is 16.3. The SMILES string of the molecule is O=C(CSc1ccc(C(F)(F)F)cn1)N1CCN(S(=O)(=O)/C=C/c2ccccc2)CC1. The van der Waals surface area contributed by atoms with E-state index in [-0.39, 0.29) is 37.8 Å². The molecule has 6 nitrogen and oxygen atoms in total. The van der Waals surface area contributed by atoms with Gasteiger partial charge in [0.25, 0.3) is 0 Å². The van der Waals surface area contributed by atoms with Gasteiger partial charge >= 0.3 is 6.18 Å². The van der Waals surface area contributed by atoms with Gasteiger partial charge in [-0.3, -0.25) is 4.79 Å². The van der Waals surface area contributed by atoms with Gasteiger partial charge in [0, 0.05) is 37.8 Å². The molecule has 2 aromatic rings. The molecule has 1 aromatic heterocycles. The normalized spacial score (nSPS) is 16.0. The molecule has 2 heterocycles. The van der Waals surface area contributed by atoms with Crippen molar-refractivity contribution in [2.75, 3.05) is 31.9 Å². The molecule has 1 fully saturated rings. The molecule has 1 amide bonds. The predicted octanol–water partition coefficient (Wildman–Crippen LogP) is 3.34. The Morgan fingerprint density at radius 1 is 1.06 bits per heavy atom. The van der Waals surface area contributed by atoms with Crippen molar-refractivity contribution in [2.24, 2.45) is 0 Å². The summed E-state index contributed by atoms with van der Waals surface area (Å²) in [7, 11) is -3.59. The topological polar surface area (TPSA) is 70.6 Å². The molecular formula is C20H20F3N3O3S2. The number of sulfonamides is 1. The molecule has 1 aromatic carbocycles. The summed E-state index contributed by atoms with van der Waals surface area (Å²) in [6.45, 7) is 0.850. The second kappa shape index (κ2) is 9.84. The number of rotatable bonds is 6. The summed E-state index contributed by atoms with van der Waals surface area (Å²) >= 11 is 1.04. The summed E-state index contributed by atoms with van der Waals surface area (Å²) in [5.74, 6) is -0.206. The highest BCUT2D eigenvalue weighted by atomic mass is 32.2. The summed E-state index contributed by atoms with van der Waals surface area (Å²) in [5.41, 5.74) is -0.0735. The van der Waals surface area contributed by atoms with Crippen LogP contribution in [-0.2, 0) is 21.0 Å². The van der Waals surface area contributed by atoms with E-state index in [0.717, 1.165) is 35.0 Å². The lowest BCUT2D eigenvalue weighted by atomic mass is 10.2. The lowest BCUT2D eigenvalue weighted by molar-refractivity contribution is -0.138. The first-order chi connectivity index (χ1) is 14.6. The van der Waals surface area contributed by atoms with Gasteiger partial charge in [0.15, 0.2) is 0 Å². The third kappa shape index (κ3) is 6.55. The van der Waals surface area contributed by atoms with E-state index in [0.29, 0.717) is 5.03 Å². The number of piperazine rings is 1. The van der Waals surface area contributed by atoms with Crippen LogP contribution in [0.1, 0.15) is 11.1 Å². The number of thioether (sulfide) groups is 1. The van der Waals surface area contributed by atoms with Crippen LogP contribution in [0.15, 0.2) is 59.1 Å². The van der Waals surface area contributed by atoms with E-state index < -0.39 is 21.8 Å². The Bertz CT molecular complexity index is 1020. The van der Waals surface area contributed by atoms with Crippen molar-refractivity contribution in [3.8, 4) is 0 Å². The second-order valence-corrected chi connectivity index (χ2v) is 9.52. The average molecular weight is 472 g/mol. The standard InChI is InChI=1S/C20H20F3N3O3S2/c21-20(22,23)17-6-7-18(24-14-17)30-15-19(27)25-9-11-26(12-10-25)31(28,29)13-8-16-4-2-1-3-5-16/h1-8,13-14H,9-12,15H2/b13-8+. The minimum Gasteiger partial charge on any atom is -0.339 e. The molecule has 0 radical (unpaired) electrons. The molecule has 0 aliphatic carbocycles. The van der Waals surface area contributed by atoms with Crippen LogP contribution < -0.4 is 0 Å². The van der Waals surface area contributed by atoms with Gasteiger partial charge < -0.3 is 4.90 Å². The van der Waals surface area contributed by atoms with Gasteiger partial charge in [-0.25, -0.2) is 13.4 Å². The number of carbonyl (C=O) groups is 1. The zero-order chi connectivity index (χ0) is 22.5. The van der Waals surface area contributed by atoms with Crippen molar-refractivity contribution in [2.45, 2.75) is 11.2 Å². The molecule has 0 bridgehead atoms. The highest BCUT2D eigenvalue weighted by Crippen LogP contribution is 2.29. The Morgan fingerprint density at radius 3 is 2.32 bits per heavy atom. The van der Waals surface area contributed by atoms with Crippen molar-refractivity contribution >= 4 is 33.8 Å². The van der Waals surface area contributed by atoms with Crippen LogP contribution >= 0.6 is 11.8 Å². The van der Waals surface area contributed by atoms with Gasteiger partial charge in [-0.05, 0) is 23.8 Å². The monoisotopic (exact) mass is 471 g/mol. The molecule has 3 rings (SSSR count). The van der Waals surface area contributed by atoms with Crippen LogP contribution in [0.5, 0.6) is 0 Å². The molecule has 1 aliphatic heterocycles. The number of hydrogen-bond acceptors (Lipinski definition) is 5. The van der Waals surface area contributed by atoms with Gasteiger partial charge in [-0.2, -0.15) is 17.5 Å². The lowest BCUT2D eigenvalue weighted by Gasteiger charge is -2.33. The first-order valence-corrected chi connectivity index (χ1v) is 11.8. The molecule has 0 unspecified atom stereocenters. The number of carbonyl (C=O) groups excluding carboxylic acids is 1. The summed E-state index contributed by atoms with van der Waals surface area (Å²) in [5, 5.41) is 1.47. The van der Waals surface area contributed by atoms with Crippen LogP contribution in [0.2, 0.25) is 0 Å². The van der Waals surface area contributed by atoms with Gasteiger partial charge in [0.05, 0.1) is 16.3 Å². The lowest BCUT2D eigenvalue weighted by Crippen LogP contribution is -2.50. The zero-order valence-corrected chi connectivity index (χ0v) is 18.0. The maximum atomic E-state index is 12.6. The van der Waals surface area contributed by atoms with Crippen molar-refractivity contribution in [3.05, 3.63) is 65.2 Å². The molecule has 0 spiro atoms. The summed E-state index contributed by atoms with van der Waals surface area (Å²) in [4.78, 5) is 17.7. The molecule has 1 saturated heterocycles. The smallest absolute Gasteiger partial charge is 0.339 e. The van der Waals surface area contributed by atoms with Gasteiger partial charge in [0.1, 0.15) is 0 Å². The Hall–Kier alpha value is -2.37. The summed E-state index contributed by atoms with van der Waals surface area (Å²) < 4.78 is 64.0. The van der Waals surface area contributed by atoms with E-state index in [1.807, 2.05) is 18.2 Å². The van der Waals surface area contributed by atoms with Crippen LogP contribution in [0.25, 0.3) is 6.08 Å². The number of pyridine rings is 1. The van der Waals surface area contributed by atoms with E-state index in [4.69, 9.17) is 0 Å². The maximum Gasteiger partial charge on any atom is 0.417 e. The molecule has 31 heavy (non-hydrogen) atoms. The number of benzene rings is 1. The Kier molecular flexibility index (Phi) is 7.39. The summed E-state index contributed by atoms with van der Waals surface area (Å²) in [6, 6.07) is 11.2. The fourth-order valence-corrected chi connectivity index (χ4v) is 4.79. The first kappa shape index (κ1) is 23.3. The number of nitrogens with zero attached hydrogens (tertiary/aromatic N) is 3. The van der Waals surface area contributed by atoms with Crippen LogP contribution in [-0.4, -0.2) is 60.4 Å². The number of alkyl halides is 3. The predicted molar refractivity (Wildman–Crippen MR) is 113 cm³/mol. The quantitative estimate of drug-likeness (QED) is 0.605. The fraction of sp³-hybridized carbons (Fsp3) is 0.300. The molecule has 0 atom stereocenters. The van der Waals surface area contributed by atoms with Gasteiger partial charge in [-0.15, -0.1) is 0 Å². The highest BCUT2D eigenvalue weighted by Gasteiger charge is 2.31. The Balaban J connectivity index is 1.48. The Morgan fingerprint density at radius 2 is 1.74 bits per heavy atom. The van der Waals surface area contributed by atoms with E-state index >= 15 is 0 Å². The van der Waals surface area contributed by atoms with Crippen molar-refractivity contribution in [3.63, 3.8) is 0 Å². The molecule has 0 saturated carbocycles. The van der Waals surface area contributed by atoms with Crippen molar-refractivity contribution in [1.82, 2.24) is 14.2 Å². The van der Waals surface area contributed by atoms with E-state index in [1.54, 1.807) is 17.0 Å². The number of amides is 1. The van der Waals surface area contributed by atoms with Crippen LogP contribution in [0.3, 0.4) is 0 Å². The minimum atomic E-state index is -4.46. The average Bonchev–Trinajstić information content (AvgIpc) is 2.76. The fourth-order valence-electron chi connectivity index (χ4n) is 2.87. The first-order valence-electron chi connectivity index (χ1n) is 9.32. The van der Waals surface area contributed by atoms with E-state index in [1.165, 1.54) is 16.4 Å². The van der Waals surface area contributed by atoms with E-state index in [2.05, 4.69) is 4.98 Å². The number of aromatic nitrogens is 1. The number of hydrogen-bond donors (Lipinski definition) is 0. The molecule has 1 aliphatic rings. The van der Waals surface area contributed by atoms with Crippen molar-refractivity contribution in [1.29, 1.82) is 0 Å².